The van der Waals surface area contributed by atoms with E-state index in [4.69, 9.17) is 4.98 Å². The third-order valence-corrected chi connectivity index (χ3v) is 5.14. The molecule has 3 nitrogen and oxygen atoms in total. The van der Waals surface area contributed by atoms with Crippen LogP contribution in [0.15, 0.2) is 89.7 Å². The van der Waals surface area contributed by atoms with Gasteiger partial charge in [0.2, 0.25) is 0 Å². The Hall–Kier alpha value is -3.46. The number of nitrogens with zero attached hydrogens (tertiary/aromatic N) is 1. The molecule has 1 aromatic heterocycles. The molecule has 0 aliphatic carbocycles. The van der Waals surface area contributed by atoms with E-state index in [2.05, 4.69) is 61.3 Å². The van der Waals surface area contributed by atoms with Crippen LogP contribution in [-0.2, 0) is 12.8 Å². The lowest BCUT2D eigenvalue weighted by Crippen LogP contribution is -2.11. The Kier molecular flexibility index (Phi) is 5.89. The monoisotopic (exact) mass is 394 g/mol. The number of aromatic amines is 1. The van der Waals surface area contributed by atoms with Crippen molar-refractivity contribution < 1.29 is 0 Å². The molecule has 0 saturated carbocycles. The molecule has 0 spiro atoms. The molecule has 4 rings (SSSR count). The van der Waals surface area contributed by atoms with Gasteiger partial charge in [0.05, 0.1) is 5.69 Å². The molecule has 4 aromatic rings. The minimum atomic E-state index is -0.126. The Bertz CT molecular complexity index is 1180. The fourth-order valence-corrected chi connectivity index (χ4v) is 3.91. The molecule has 150 valence electrons. The Morgan fingerprint density at radius 2 is 1.43 bits per heavy atom. The maximum atomic E-state index is 12.3. The molecule has 0 aliphatic rings. The second-order valence-corrected chi connectivity index (χ2v) is 8.04. The minimum Gasteiger partial charge on any atom is -0.307 e. The second kappa shape index (κ2) is 8.91. The van der Waals surface area contributed by atoms with E-state index in [0.29, 0.717) is 18.2 Å². The zero-order chi connectivity index (χ0) is 20.9. The number of H-pyrrole nitrogens is 1. The molecule has 0 atom stereocenters. The van der Waals surface area contributed by atoms with Crippen LogP contribution < -0.4 is 5.56 Å². The first kappa shape index (κ1) is 19.8. The Morgan fingerprint density at radius 1 is 0.800 bits per heavy atom. The van der Waals surface area contributed by atoms with E-state index in [9.17, 15) is 4.79 Å². The van der Waals surface area contributed by atoms with Gasteiger partial charge in [-0.1, -0.05) is 92.7 Å². The van der Waals surface area contributed by atoms with Crippen LogP contribution in [-0.4, -0.2) is 9.97 Å². The van der Waals surface area contributed by atoms with Crippen molar-refractivity contribution in [2.45, 2.75) is 26.7 Å². The van der Waals surface area contributed by atoms with Crippen molar-refractivity contribution in [3.8, 4) is 22.5 Å². The summed E-state index contributed by atoms with van der Waals surface area (Å²) >= 11 is 0. The van der Waals surface area contributed by atoms with Crippen LogP contribution in [0.4, 0.5) is 0 Å². The number of rotatable bonds is 6. The number of hydrogen-bond donors (Lipinski definition) is 1. The van der Waals surface area contributed by atoms with Gasteiger partial charge in [-0.15, -0.1) is 0 Å². The van der Waals surface area contributed by atoms with E-state index in [0.717, 1.165) is 17.7 Å². The molecule has 30 heavy (non-hydrogen) atoms. The predicted molar refractivity (Wildman–Crippen MR) is 124 cm³/mol. The van der Waals surface area contributed by atoms with Crippen molar-refractivity contribution in [1.29, 1.82) is 0 Å². The first-order valence-electron chi connectivity index (χ1n) is 10.4. The Labute approximate surface area is 177 Å². The van der Waals surface area contributed by atoms with Gasteiger partial charge in [0.15, 0.2) is 0 Å². The molecule has 0 fully saturated rings. The fourth-order valence-electron chi connectivity index (χ4n) is 3.91. The van der Waals surface area contributed by atoms with Gasteiger partial charge in [0, 0.05) is 18.1 Å². The van der Waals surface area contributed by atoms with Gasteiger partial charge in [0.1, 0.15) is 5.82 Å². The van der Waals surface area contributed by atoms with Crippen LogP contribution in [0.3, 0.4) is 0 Å². The molecule has 3 heteroatoms. The van der Waals surface area contributed by atoms with Gasteiger partial charge in [-0.2, -0.15) is 0 Å². The predicted octanol–water partition coefficient (Wildman–Crippen LogP) is 5.89. The van der Waals surface area contributed by atoms with Crippen LogP contribution in [0, 0.1) is 5.92 Å². The van der Waals surface area contributed by atoms with Crippen LogP contribution >= 0.6 is 0 Å². The molecule has 0 bridgehead atoms. The largest absolute Gasteiger partial charge is 0.307 e. The van der Waals surface area contributed by atoms with Crippen molar-refractivity contribution in [2.24, 2.45) is 5.92 Å². The van der Waals surface area contributed by atoms with Crippen molar-refractivity contribution in [2.75, 3.05) is 0 Å². The summed E-state index contributed by atoms with van der Waals surface area (Å²) in [7, 11) is 0. The van der Waals surface area contributed by atoms with Crippen molar-refractivity contribution in [3.63, 3.8) is 0 Å². The fraction of sp³-hybridized carbons (Fsp3) is 0.185. The third-order valence-electron chi connectivity index (χ3n) is 5.14. The molecule has 1 heterocycles. The summed E-state index contributed by atoms with van der Waals surface area (Å²) in [5.74, 6) is 1.17. The van der Waals surface area contributed by atoms with Gasteiger partial charge >= 0.3 is 0 Å². The second-order valence-electron chi connectivity index (χ2n) is 8.04. The molecule has 0 amide bonds. The van der Waals surface area contributed by atoms with Gasteiger partial charge < -0.3 is 4.98 Å². The smallest absolute Gasteiger partial charge is 0.251 e. The molecule has 1 N–H and O–H groups in total. The van der Waals surface area contributed by atoms with Crippen LogP contribution in [0.5, 0.6) is 0 Å². The Balaban J connectivity index is 1.79. The summed E-state index contributed by atoms with van der Waals surface area (Å²) in [5, 5.41) is 0. The minimum absolute atomic E-state index is 0.126. The molecule has 0 aliphatic heterocycles. The standard InChI is InChI=1S/C27H26N2O/c1-19(2)16-22-14-9-15-23(26(22)20-10-5-3-6-11-20)17-24-18-25(30)29-27(28-24)21-12-7-4-8-13-21/h3-15,18-19H,16-17H2,1-2H3,(H,28,29,30). The summed E-state index contributed by atoms with van der Waals surface area (Å²) in [6.07, 6.45) is 1.62. The average molecular weight is 395 g/mol. The summed E-state index contributed by atoms with van der Waals surface area (Å²) < 4.78 is 0. The van der Waals surface area contributed by atoms with E-state index in [-0.39, 0.29) is 5.56 Å². The van der Waals surface area contributed by atoms with Crippen molar-refractivity contribution >= 4 is 0 Å². The number of hydrogen-bond acceptors (Lipinski definition) is 2. The van der Waals surface area contributed by atoms with E-state index < -0.39 is 0 Å². The maximum Gasteiger partial charge on any atom is 0.251 e. The van der Waals surface area contributed by atoms with Crippen molar-refractivity contribution in [1.82, 2.24) is 9.97 Å². The Morgan fingerprint density at radius 3 is 2.10 bits per heavy atom. The highest BCUT2D eigenvalue weighted by Gasteiger charge is 2.14. The highest BCUT2D eigenvalue weighted by atomic mass is 16.1. The van der Waals surface area contributed by atoms with Crippen LogP contribution in [0.25, 0.3) is 22.5 Å². The molecular weight excluding hydrogens is 368 g/mol. The highest BCUT2D eigenvalue weighted by molar-refractivity contribution is 5.71. The van der Waals surface area contributed by atoms with E-state index in [1.54, 1.807) is 6.07 Å². The zero-order valence-electron chi connectivity index (χ0n) is 17.4. The van der Waals surface area contributed by atoms with Gasteiger partial charge in [-0.3, -0.25) is 4.79 Å². The lowest BCUT2D eigenvalue weighted by Gasteiger charge is -2.17. The number of benzene rings is 3. The quantitative estimate of drug-likeness (QED) is 0.443. The van der Waals surface area contributed by atoms with E-state index >= 15 is 0 Å². The summed E-state index contributed by atoms with van der Waals surface area (Å²) in [6.45, 7) is 4.48. The first-order chi connectivity index (χ1) is 14.6. The molecule has 0 unspecified atom stereocenters. The third kappa shape index (κ3) is 4.57. The van der Waals surface area contributed by atoms with Gasteiger partial charge in [-0.05, 0) is 34.6 Å². The summed E-state index contributed by atoms with van der Waals surface area (Å²) in [4.78, 5) is 20.0. The average Bonchev–Trinajstić information content (AvgIpc) is 2.74. The van der Waals surface area contributed by atoms with E-state index in [1.165, 1.54) is 22.3 Å². The van der Waals surface area contributed by atoms with Gasteiger partial charge in [0.25, 0.3) is 5.56 Å². The molecule has 0 radical (unpaired) electrons. The maximum absolute atomic E-state index is 12.3. The molecule has 3 aromatic carbocycles. The van der Waals surface area contributed by atoms with Crippen molar-refractivity contribution in [3.05, 3.63) is 112 Å². The van der Waals surface area contributed by atoms with Gasteiger partial charge in [-0.25, -0.2) is 4.98 Å². The lowest BCUT2D eigenvalue weighted by atomic mass is 9.88. The summed E-state index contributed by atoms with van der Waals surface area (Å²) in [5.41, 5.74) is 6.55. The zero-order valence-corrected chi connectivity index (χ0v) is 17.4. The van der Waals surface area contributed by atoms with Crippen LogP contribution in [0.1, 0.15) is 30.7 Å². The van der Waals surface area contributed by atoms with E-state index in [1.807, 2.05) is 36.4 Å². The number of nitrogens with one attached hydrogen (secondary N) is 1. The molecule has 0 saturated heterocycles. The number of aromatic nitrogens is 2. The summed E-state index contributed by atoms with van der Waals surface area (Å²) in [6, 6.07) is 28.4. The normalized spacial score (nSPS) is 11.0. The highest BCUT2D eigenvalue weighted by Crippen LogP contribution is 2.31. The lowest BCUT2D eigenvalue weighted by molar-refractivity contribution is 0.648. The van der Waals surface area contributed by atoms with Crippen LogP contribution in [0.2, 0.25) is 0 Å². The first-order valence-corrected chi connectivity index (χ1v) is 10.4. The molecular formula is C27H26N2O. The topological polar surface area (TPSA) is 45.8 Å². The SMILES string of the molecule is CC(C)Cc1cccc(Cc2cc(=O)[nH]c(-c3ccccc3)n2)c1-c1ccccc1.